The van der Waals surface area contributed by atoms with E-state index in [1.807, 2.05) is 0 Å². The molecule has 0 bridgehead atoms. The van der Waals surface area contributed by atoms with Gasteiger partial charge in [0.2, 0.25) is 16.5 Å². The molecule has 6 heteroatoms. The van der Waals surface area contributed by atoms with Gasteiger partial charge in [0.1, 0.15) is 0 Å². The van der Waals surface area contributed by atoms with Crippen LogP contribution in [0.25, 0.3) is 0 Å². The van der Waals surface area contributed by atoms with Gasteiger partial charge in [-0.1, -0.05) is 13.8 Å². The normalized spacial score (nSPS) is 20.2. The van der Waals surface area contributed by atoms with E-state index in [4.69, 9.17) is 23.2 Å². The highest BCUT2D eigenvalue weighted by atomic mass is 35.5. The SMILES string of the molecule is CC1(C)CCC(Nc2nc(Cl)nc(Cl)n2)CC1. The van der Waals surface area contributed by atoms with E-state index in [1.54, 1.807) is 0 Å². The van der Waals surface area contributed by atoms with Crippen molar-refractivity contribution < 1.29 is 0 Å². The molecule has 0 atom stereocenters. The number of halogens is 2. The van der Waals surface area contributed by atoms with Gasteiger partial charge in [-0.2, -0.15) is 15.0 Å². The van der Waals surface area contributed by atoms with E-state index in [0.717, 1.165) is 12.8 Å². The topological polar surface area (TPSA) is 50.7 Å². The molecule has 1 N–H and O–H groups in total. The van der Waals surface area contributed by atoms with Crippen LogP contribution in [0.5, 0.6) is 0 Å². The Bertz CT molecular complexity index is 378. The molecule has 1 aromatic heterocycles. The smallest absolute Gasteiger partial charge is 0.228 e. The second-order valence-electron chi connectivity index (χ2n) is 5.28. The zero-order valence-electron chi connectivity index (χ0n) is 10.0. The molecule has 1 fully saturated rings. The van der Waals surface area contributed by atoms with Crippen molar-refractivity contribution in [2.24, 2.45) is 5.41 Å². The minimum atomic E-state index is 0.128. The van der Waals surface area contributed by atoms with Crippen LogP contribution in [0.1, 0.15) is 39.5 Å². The first-order chi connectivity index (χ1) is 7.94. The van der Waals surface area contributed by atoms with Crippen molar-refractivity contribution in [2.45, 2.75) is 45.6 Å². The van der Waals surface area contributed by atoms with Gasteiger partial charge in [0.05, 0.1) is 0 Å². The summed E-state index contributed by atoms with van der Waals surface area (Å²) < 4.78 is 0. The second kappa shape index (κ2) is 4.94. The van der Waals surface area contributed by atoms with Gasteiger partial charge in [-0.3, -0.25) is 0 Å². The minimum Gasteiger partial charge on any atom is -0.351 e. The molecule has 1 aliphatic carbocycles. The Labute approximate surface area is 111 Å². The Hall–Kier alpha value is -0.610. The maximum atomic E-state index is 5.73. The van der Waals surface area contributed by atoms with Crippen LogP contribution in [-0.4, -0.2) is 21.0 Å². The molecule has 1 heterocycles. The summed E-state index contributed by atoms with van der Waals surface area (Å²) in [6.45, 7) is 4.61. The van der Waals surface area contributed by atoms with Crippen LogP contribution in [0.3, 0.4) is 0 Å². The Morgan fingerprint density at radius 3 is 2.12 bits per heavy atom. The molecular formula is C11H16Cl2N4. The predicted molar refractivity (Wildman–Crippen MR) is 69.5 cm³/mol. The average molecular weight is 275 g/mol. The highest BCUT2D eigenvalue weighted by Crippen LogP contribution is 2.35. The van der Waals surface area contributed by atoms with Crippen LogP contribution in [0.4, 0.5) is 5.95 Å². The number of hydrogen-bond donors (Lipinski definition) is 1. The lowest BCUT2D eigenvalue weighted by Gasteiger charge is -2.34. The number of aromatic nitrogens is 3. The molecule has 17 heavy (non-hydrogen) atoms. The van der Waals surface area contributed by atoms with Crippen molar-refractivity contribution in [1.29, 1.82) is 0 Å². The number of nitrogens with one attached hydrogen (secondary N) is 1. The van der Waals surface area contributed by atoms with Crippen LogP contribution in [0, 0.1) is 5.41 Å². The Morgan fingerprint density at radius 1 is 1.06 bits per heavy atom. The van der Waals surface area contributed by atoms with Crippen molar-refractivity contribution in [2.75, 3.05) is 5.32 Å². The van der Waals surface area contributed by atoms with Crippen molar-refractivity contribution in [1.82, 2.24) is 15.0 Å². The first kappa shape index (κ1) is 12.8. The lowest BCUT2D eigenvalue weighted by molar-refractivity contribution is 0.232. The number of anilines is 1. The largest absolute Gasteiger partial charge is 0.351 e. The van der Waals surface area contributed by atoms with E-state index in [9.17, 15) is 0 Å². The van der Waals surface area contributed by atoms with Crippen molar-refractivity contribution in [3.8, 4) is 0 Å². The fourth-order valence-corrected chi connectivity index (χ4v) is 2.48. The molecular weight excluding hydrogens is 259 g/mol. The summed E-state index contributed by atoms with van der Waals surface area (Å²) in [6.07, 6.45) is 4.65. The molecule has 0 aromatic carbocycles. The van der Waals surface area contributed by atoms with Gasteiger partial charge in [0.15, 0.2) is 0 Å². The first-order valence-electron chi connectivity index (χ1n) is 5.78. The maximum absolute atomic E-state index is 5.73. The number of rotatable bonds is 2. The third-order valence-electron chi connectivity index (χ3n) is 3.25. The third-order valence-corrected chi connectivity index (χ3v) is 3.59. The Balaban J connectivity index is 1.97. The summed E-state index contributed by atoms with van der Waals surface area (Å²) in [4.78, 5) is 11.7. The zero-order valence-corrected chi connectivity index (χ0v) is 11.5. The van der Waals surface area contributed by atoms with E-state index in [2.05, 4.69) is 34.1 Å². The summed E-state index contributed by atoms with van der Waals surface area (Å²) in [7, 11) is 0. The highest BCUT2D eigenvalue weighted by molar-refractivity contribution is 6.31. The third kappa shape index (κ3) is 3.68. The molecule has 2 rings (SSSR count). The fraction of sp³-hybridized carbons (Fsp3) is 0.727. The molecule has 0 saturated heterocycles. The second-order valence-corrected chi connectivity index (χ2v) is 5.96. The first-order valence-corrected chi connectivity index (χ1v) is 6.54. The molecule has 0 amide bonds. The standard InChI is InChI=1S/C11H16Cl2N4/c1-11(2)5-3-7(4-6-11)14-10-16-8(12)15-9(13)17-10/h7H,3-6H2,1-2H3,(H,14,15,16,17). The van der Waals surface area contributed by atoms with Gasteiger partial charge < -0.3 is 5.32 Å². The van der Waals surface area contributed by atoms with Gasteiger partial charge in [0.25, 0.3) is 0 Å². The van der Waals surface area contributed by atoms with E-state index in [-0.39, 0.29) is 10.6 Å². The van der Waals surface area contributed by atoms with Crippen LogP contribution in [0.2, 0.25) is 10.6 Å². The summed E-state index contributed by atoms with van der Waals surface area (Å²) in [6, 6.07) is 0.401. The molecule has 0 spiro atoms. The molecule has 1 saturated carbocycles. The lowest BCUT2D eigenvalue weighted by atomic mass is 9.76. The van der Waals surface area contributed by atoms with Gasteiger partial charge >= 0.3 is 0 Å². The van der Waals surface area contributed by atoms with Crippen molar-refractivity contribution >= 4 is 29.2 Å². The van der Waals surface area contributed by atoms with E-state index < -0.39 is 0 Å². The Morgan fingerprint density at radius 2 is 1.59 bits per heavy atom. The summed E-state index contributed by atoms with van der Waals surface area (Å²) in [5.74, 6) is 0.472. The maximum Gasteiger partial charge on any atom is 0.228 e. The van der Waals surface area contributed by atoms with Crippen LogP contribution in [-0.2, 0) is 0 Å². The molecule has 1 aliphatic rings. The van der Waals surface area contributed by atoms with Crippen molar-refractivity contribution in [3.63, 3.8) is 0 Å². The van der Waals surface area contributed by atoms with Gasteiger partial charge in [-0.05, 0) is 54.3 Å². The van der Waals surface area contributed by atoms with E-state index in [1.165, 1.54) is 12.8 Å². The molecule has 0 unspecified atom stereocenters. The number of hydrogen-bond acceptors (Lipinski definition) is 4. The molecule has 94 valence electrons. The van der Waals surface area contributed by atoms with Gasteiger partial charge in [-0.15, -0.1) is 0 Å². The molecule has 1 aromatic rings. The summed E-state index contributed by atoms with van der Waals surface area (Å²) in [5, 5.41) is 3.53. The minimum absolute atomic E-state index is 0.128. The lowest BCUT2D eigenvalue weighted by Crippen LogP contribution is -2.30. The molecule has 0 aliphatic heterocycles. The van der Waals surface area contributed by atoms with Gasteiger partial charge in [-0.25, -0.2) is 0 Å². The summed E-state index contributed by atoms with van der Waals surface area (Å²) >= 11 is 11.5. The van der Waals surface area contributed by atoms with Crippen molar-refractivity contribution in [3.05, 3.63) is 10.6 Å². The summed E-state index contributed by atoms with van der Waals surface area (Å²) in [5.41, 5.74) is 0.451. The highest BCUT2D eigenvalue weighted by Gasteiger charge is 2.27. The zero-order chi connectivity index (χ0) is 12.5. The Kier molecular flexibility index (Phi) is 3.73. The fourth-order valence-electron chi connectivity index (χ4n) is 2.12. The predicted octanol–water partition coefficient (Wildman–Crippen LogP) is 3.56. The number of nitrogens with zero attached hydrogens (tertiary/aromatic N) is 3. The van der Waals surface area contributed by atoms with E-state index >= 15 is 0 Å². The van der Waals surface area contributed by atoms with Crippen LogP contribution < -0.4 is 5.32 Å². The van der Waals surface area contributed by atoms with Crippen LogP contribution in [0.15, 0.2) is 0 Å². The molecule has 0 radical (unpaired) electrons. The van der Waals surface area contributed by atoms with Gasteiger partial charge in [0, 0.05) is 6.04 Å². The van der Waals surface area contributed by atoms with E-state index in [0.29, 0.717) is 17.4 Å². The van der Waals surface area contributed by atoms with Crippen LogP contribution >= 0.6 is 23.2 Å². The molecule has 4 nitrogen and oxygen atoms in total. The average Bonchev–Trinajstić information content (AvgIpc) is 2.20. The monoisotopic (exact) mass is 274 g/mol. The quantitative estimate of drug-likeness (QED) is 0.896.